The Bertz CT molecular complexity index is 523. The Morgan fingerprint density at radius 2 is 2.21 bits per heavy atom. The summed E-state index contributed by atoms with van der Waals surface area (Å²) in [4.78, 5) is 23.3. The highest BCUT2D eigenvalue weighted by Gasteiger charge is 2.15. The van der Waals surface area contributed by atoms with Gasteiger partial charge in [0, 0.05) is 17.9 Å². The van der Waals surface area contributed by atoms with E-state index in [9.17, 15) is 9.59 Å². The minimum absolute atomic E-state index is 0.0708. The van der Waals surface area contributed by atoms with Crippen LogP contribution < -0.4 is 5.32 Å². The van der Waals surface area contributed by atoms with Crippen LogP contribution in [0.5, 0.6) is 0 Å². The molecule has 0 saturated carbocycles. The van der Waals surface area contributed by atoms with E-state index in [0.29, 0.717) is 10.7 Å². The molecule has 5 nitrogen and oxygen atoms in total. The van der Waals surface area contributed by atoms with Gasteiger partial charge < -0.3 is 10.1 Å². The fraction of sp³-hybridized carbons (Fsp3) is 0.308. The van der Waals surface area contributed by atoms with Crippen LogP contribution in [0.25, 0.3) is 0 Å². The van der Waals surface area contributed by atoms with Crippen LogP contribution in [0, 0.1) is 11.3 Å². The van der Waals surface area contributed by atoms with E-state index in [1.165, 1.54) is 12.1 Å². The number of amides is 1. The first-order chi connectivity index (χ1) is 9.08. The van der Waals surface area contributed by atoms with Crippen molar-refractivity contribution in [2.24, 2.45) is 0 Å². The number of esters is 1. The molecule has 0 atom stereocenters. The van der Waals surface area contributed by atoms with Crippen LogP contribution in [0.3, 0.4) is 0 Å². The SMILES string of the molecule is CCOC(=O)c1cc(Cl)ccc1NC(=O)CCC#N. The molecular formula is C13H13ClN2O3. The molecule has 0 aromatic heterocycles. The average molecular weight is 281 g/mol. The number of hydrogen-bond donors (Lipinski definition) is 1. The van der Waals surface area contributed by atoms with Crippen LogP contribution >= 0.6 is 11.6 Å². The van der Waals surface area contributed by atoms with Crippen molar-refractivity contribution in [3.8, 4) is 6.07 Å². The zero-order valence-electron chi connectivity index (χ0n) is 10.4. The summed E-state index contributed by atoms with van der Waals surface area (Å²) < 4.78 is 4.89. The van der Waals surface area contributed by atoms with Gasteiger partial charge in [0.05, 0.1) is 23.9 Å². The second-order valence-corrected chi connectivity index (χ2v) is 4.05. The van der Waals surface area contributed by atoms with Gasteiger partial charge in [-0.15, -0.1) is 0 Å². The summed E-state index contributed by atoms with van der Waals surface area (Å²) in [6, 6.07) is 6.39. The molecule has 1 rings (SSSR count). The van der Waals surface area contributed by atoms with E-state index in [2.05, 4.69) is 5.32 Å². The van der Waals surface area contributed by atoms with Crippen molar-refractivity contribution in [2.45, 2.75) is 19.8 Å². The highest BCUT2D eigenvalue weighted by atomic mass is 35.5. The summed E-state index contributed by atoms with van der Waals surface area (Å²) in [5.74, 6) is -0.894. The molecule has 0 saturated heterocycles. The highest BCUT2D eigenvalue weighted by Crippen LogP contribution is 2.22. The van der Waals surface area contributed by atoms with E-state index in [1.54, 1.807) is 13.0 Å². The highest BCUT2D eigenvalue weighted by molar-refractivity contribution is 6.31. The van der Waals surface area contributed by atoms with Gasteiger partial charge in [0.2, 0.25) is 5.91 Å². The Kier molecular flexibility index (Phi) is 5.83. The van der Waals surface area contributed by atoms with Crippen LogP contribution in [0.2, 0.25) is 5.02 Å². The Hall–Kier alpha value is -2.06. The third-order valence-corrected chi connectivity index (χ3v) is 2.45. The van der Waals surface area contributed by atoms with Crippen LogP contribution in [0.1, 0.15) is 30.1 Å². The normalized spacial score (nSPS) is 9.53. The fourth-order valence-electron chi connectivity index (χ4n) is 1.39. The number of anilines is 1. The number of carbonyl (C=O) groups is 2. The quantitative estimate of drug-likeness (QED) is 0.841. The molecule has 1 aromatic rings. The lowest BCUT2D eigenvalue weighted by Gasteiger charge is -2.10. The Morgan fingerprint density at radius 1 is 1.47 bits per heavy atom. The zero-order chi connectivity index (χ0) is 14.3. The molecule has 6 heteroatoms. The molecule has 0 heterocycles. The molecule has 0 fully saturated rings. The van der Waals surface area contributed by atoms with Crippen molar-refractivity contribution in [3.05, 3.63) is 28.8 Å². The van der Waals surface area contributed by atoms with E-state index >= 15 is 0 Å². The minimum Gasteiger partial charge on any atom is -0.462 e. The third kappa shape index (κ3) is 4.60. The van der Waals surface area contributed by atoms with Gasteiger partial charge in [-0.2, -0.15) is 5.26 Å². The molecule has 0 bridgehead atoms. The molecule has 1 aromatic carbocycles. The number of nitriles is 1. The van der Waals surface area contributed by atoms with Crippen LogP contribution in [0.15, 0.2) is 18.2 Å². The number of nitrogens with one attached hydrogen (secondary N) is 1. The van der Waals surface area contributed by atoms with Crippen molar-refractivity contribution in [3.63, 3.8) is 0 Å². The van der Waals surface area contributed by atoms with Crippen LogP contribution in [-0.2, 0) is 9.53 Å². The average Bonchev–Trinajstić information content (AvgIpc) is 2.38. The van der Waals surface area contributed by atoms with E-state index in [1.807, 2.05) is 6.07 Å². The van der Waals surface area contributed by atoms with Crippen molar-refractivity contribution in [2.75, 3.05) is 11.9 Å². The minimum atomic E-state index is -0.555. The van der Waals surface area contributed by atoms with Crippen molar-refractivity contribution in [1.29, 1.82) is 5.26 Å². The zero-order valence-corrected chi connectivity index (χ0v) is 11.2. The van der Waals surface area contributed by atoms with E-state index in [0.717, 1.165) is 0 Å². The molecule has 0 aliphatic rings. The van der Waals surface area contributed by atoms with Gasteiger partial charge in [0.25, 0.3) is 0 Å². The standard InChI is InChI=1S/C13H13ClN2O3/c1-2-19-13(18)10-8-9(14)5-6-11(10)16-12(17)4-3-7-15/h5-6,8H,2-4H2,1H3,(H,16,17). The van der Waals surface area contributed by atoms with E-state index in [4.69, 9.17) is 21.6 Å². The van der Waals surface area contributed by atoms with Crippen molar-refractivity contribution in [1.82, 2.24) is 0 Å². The van der Waals surface area contributed by atoms with E-state index < -0.39 is 5.97 Å². The molecule has 19 heavy (non-hydrogen) atoms. The lowest BCUT2D eigenvalue weighted by molar-refractivity contribution is -0.116. The molecule has 0 aliphatic carbocycles. The molecule has 100 valence electrons. The summed E-state index contributed by atoms with van der Waals surface area (Å²) in [6.45, 7) is 1.92. The summed E-state index contributed by atoms with van der Waals surface area (Å²) in [5.41, 5.74) is 0.519. The summed E-state index contributed by atoms with van der Waals surface area (Å²) in [6.07, 6.45) is 0.190. The van der Waals surface area contributed by atoms with Gasteiger partial charge in [-0.1, -0.05) is 11.6 Å². The number of halogens is 1. The van der Waals surface area contributed by atoms with Gasteiger partial charge in [-0.25, -0.2) is 4.79 Å². The van der Waals surface area contributed by atoms with Gasteiger partial charge in [-0.3, -0.25) is 4.79 Å². The lowest BCUT2D eigenvalue weighted by Crippen LogP contribution is -2.15. The number of carbonyl (C=O) groups excluding carboxylic acids is 2. The second kappa shape index (κ2) is 7.39. The topological polar surface area (TPSA) is 79.2 Å². The van der Waals surface area contributed by atoms with Crippen molar-refractivity contribution >= 4 is 29.2 Å². The monoisotopic (exact) mass is 280 g/mol. The molecule has 0 spiro atoms. The number of ether oxygens (including phenoxy) is 1. The largest absolute Gasteiger partial charge is 0.462 e. The van der Waals surface area contributed by atoms with Crippen LogP contribution in [-0.4, -0.2) is 18.5 Å². The maximum atomic E-state index is 11.7. The predicted molar refractivity (Wildman–Crippen MR) is 70.9 cm³/mol. The number of nitrogens with zero attached hydrogens (tertiary/aromatic N) is 1. The van der Waals surface area contributed by atoms with Gasteiger partial charge in [0.1, 0.15) is 0 Å². The first-order valence-electron chi connectivity index (χ1n) is 5.72. The molecule has 0 unspecified atom stereocenters. The Balaban J connectivity index is 2.91. The van der Waals surface area contributed by atoms with Gasteiger partial charge in [-0.05, 0) is 25.1 Å². The smallest absolute Gasteiger partial charge is 0.340 e. The maximum Gasteiger partial charge on any atom is 0.340 e. The second-order valence-electron chi connectivity index (χ2n) is 3.62. The molecule has 1 N–H and O–H groups in total. The molecule has 1 amide bonds. The van der Waals surface area contributed by atoms with Crippen molar-refractivity contribution < 1.29 is 14.3 Å². The maximum absolute atomic E-state index is 11.7. The third-order valence-electron chi connectivity index (χ3n) is 2.21. The number of rotatable bonds is 5. The number of hydrogen-bond acceptors (Lipinski definition) is 4. The predicted octanol–water partition coefficient (Wildman–Crippen LogP) is 2.76. The van der Waals surface area contributed by atoms with E-state index in [-0.39, 0.29) is 30.9 Å². The summed E-state index contributed by atoms with van der Waals surface area (Å²) in [5, 5.41) is 11.3. The van der Waals surface area contributed by atoms with Gasteiger partial charge >= 0.3 is 5.97 Å². The molecule has 0 aliphatic heterocycles. The lowest BCUT2D eigenvalue weighted by atomic mass is 10.1. The first-order valence-corrected chi connectivity index (χ1v) is 6.09. The Labute approximate surface area is 116 Å². The molecule has 0 radical (unpaired) electrons. The van der Waals surface area contributed by atoms with Crippen LogP contribution in [0.4, 0.5) is 5.69 Å². The first kappa shape index (κ1) is 15.0. The summed E-state index contributed by atoms with van der Waals surface area (Å²) >= 11 is 5.82. The van der Waals surface area contributed by atoms with Gasteiger partial charge in [0.15, 0.2) is 0 Å². The summed E-state index contributed by atoms with van der Waals surface area (Å²) in [7, 11) is 0. The Morgan fingerprint density at radius 3 is 2.84 bits per heavy atom. The number of benzene rings is 1. The molecular weight excluding hydrogens is 268 g/mol. The fourth-order valence-corrected chi connectivity index (χ4v) is 1.56.